The minimum atomic E-state index is 0.424. The zero-order valence-electron chi connectivity index (χ0n) is 8.52. The van der Waals surface area contributed by atoms with Gasteiger partial charge in [0.2, 0.25) is 0 Å². The van der Waals surface area contributed by atoms with Gasteiger partial charge in [-0.25, -0.2) is 0 Å². The summed E-state index contributed by atoms with van der Waals surface area (Å²) in [7, 11) is 1.68. The Bertz CT molecular complexity index is 194. The Kier molecular flexibility index (Phi) is 3.50. The van der Waals surface area contributed by atoms with E-state index in [4.69, 9.17) is 17.0 Å². The summed E-state index contributed by atoms with van der Waals surface area (Å²) < 4.78 is 4.90. The van der Waals surface area contributed by atoms with Gasteiger partial charge >= 0.3 is 0 Å². The van der Waals surface area contributed by atoms with E-state index in [0.717, 1.165) is 11.7 Å². The predicted molar refractivity (Wildman–Crippen MR) is 57.8 cm³/mol. The molecule has 0 aliphatic heterocycles. The highest BCUT2D eigenvalue weighted by molar-refractivity contribution is 7.80. The van der Waals surface area contributed by atoms with Crippen molar-refractivity contribution in [1.82, 2.24) is 10.6 Å². The Morgan fingerprint density at radius 2 is 2.23 bits per heavy atom. The second-order valence-electron chi connectivity index (χ2n) is 4.14. The average Bonchev–Trinajstić information content (AvgIpc) is 2.59. The van der Waals surface area contributed by atoms with Gasteiger partial charge in [-0.2, -0.15) is 0 Å². The van der Waals surface area contributed by atoms with Gasteiger partial charge in [0.05, 0.1) is 6.61 Å². The van der Waals surface area contributed by atoms with E-state index in [2.05, 4.69) is 24.5 Å². The number of nitrogens with one attached hydrogen (secondary N) is 2. The normalized spacial score (nSPS) is 23.8. The van der Waals surface area contributed by atoms with Crippen LogP contribution in [0.5, 0.6) is 0 Å². The average molecular weight is 202 g/mol. The van der Waals surface area contributed by atoms with Gasteiger partial charge in [-0.3, -0.25) is 0 Å². The summed E-state index contributed by atoms with van der Waals surface area (Å²) in [5, 5.41) is 7.10. The topological polar surface area (TPSA) is 33.3 Å². The van der Waals surface area contributed by atoms with Crippen LogP contribution in [0.1, 0.15) is 20.3 Å². The molecular formula is C9H18N2OS. The first kappa shape index (κ1) is 10.7. The monoisotopic (exact) mass is 202 g/mol. The van der Waals surface area contributed by atoms with Gasteiger partial charge in [-0.15, -0.1) is 0 Å². The molecule has 1 fully saturated rings. The molecule has 0 saturated heterocycles. The molecule has 0 amide bonds. The molecule has 0 aromatic heterocycles. The first-order valence-corrected chi connectivity index (χ1v) is 5.00. The van der Waals surface area contributed by atoms with E-state index < -0.39 is 0 Å². The van der Waals surface area contributed by atoms with Gasteiger partial charge in [0.15, 0.2) is 5.11 Å². The molecule has 1 unspecified atom stereocenters. The van der Waals surface area contributed by atoms with E-state index in [9.17, 15) is 0 Å². The standard InChI is InChI=1S/C9H18N2OS/c1-9(2)6-7(9)11-8(13)10-4-5-12-3/h7H,4-6H2,1-3H3,(H2,10,11,13). The maximum Gasteiger partial charge on any atom is 0.166 e. The number of hydrogen-bond acceptors (Lipinski definition) is 2. The maximum absolute atomic E-state index is 5.11. The lowest BCUT2D eigenvalue weighted by molar-refractivity contribution is 0.204. The number of methoxy groups -OCH3 is 1. The van der Waals surface area contributed by atoms with E-state index in [1.807, 2.05) is 0 Å². The van der Waals surface area contributed by atoms with Crippen LogP contribution in [0.25, 0.3) is 0 Å². The summed E-state index contributed by atoms with van der Waals surface area (Å²) >= 11 is 5.11. The van der Waals surface area contributed by atoms with Gasteiger partial charge in [0, 0.05) is 19.7 Å². The van der Waals surface area contributed by atoms with Crippen molar-refractivity contribution in [1.29, 1.82) is 0 Å². The number of thiocarbonyl (C=S) groups is 1. The highest BCUT2D eigenvalue weighted by atomic mass is 32.1. The van der Waals surface area contributed by atoms with Crippen molar-refractivity contribution < 1.29 is 4.74 Å². The minimum absolute atomic E-state index is 0.424. The quantitative estimate of drug-likeness (QED) is 0.524. The van der Waals surface area contributed by atoms with Crippen molar-refractivity contribution in [2.45, 2.75) is 26.3 Å². The van der Waals surface area contributed by atoms with Crippen molar-refractivity contribution >= 4 is 17.3 Å². The third-order valence-corrected chi connectivity index (χ3v) is 2.67. The van der Waals surface area contributed by atoms with Crippen LogP contribution in [-0.4, -0.2) is 31.4 Å². The number of hydrogen-bond donors (Lipinski definition) is 2. The van der Waals surface area contributed by atoms with Gasteiger partial charge in [0.25, 0.3) is 0 Å². The summed E-state index contributed by atoms with van der Waals surface area (Å²) in [5.74, 6) is 0. The highest BCUT2D eigenvalue weighted by Gasteiger charge is 2.45. The molecule has 0 aromatic carbocycles. The Morgan fingerprint density at radius 3 is 2.69 bits per heavy atom. The first-order chi connectivity index (χ1) is 6.06. The zero-order chi connectivity index (χ0) is 9.90. The fourth-order valence-corrected chi connectivity index (χ4v) is 1.43. The molecule has 1 aliphatic rings. The molecule has 3 nitrogen and oxygen atoms in total. The molecule has 0 radical (unpaired) electrons. The third kappa shape index (κ3) is 3.48. The van der Waals surface area contributed by atoms with Gasteiger partial charge in [-0.05, 0) is 24.1 Å². The molecule has 0 heterocycles. The molecule has 1 rings (SSSR count). The fraction of sp³-hybridized carbons (Fsp3) is 0.889. The molecule has 1 atom stereocenters. The lowest BCUT2D eigenvalue weighted by atomic mass is 10.2. The molecule has 0 aromatic rings. The Labute approximate surface area is 85.2 Å². The lowest BCUT2D eigenvalue weighted by Crippen LogP contribution is -2.39. The van der Waals surface area contributed by atoms with Gasteiger partial charge in [0.1, 0.15) is 0 Å². The van der Waals surface area contributed by atoms with E-state index in [1.165, 1.54) is 6.42 Å². The van der Waals surface area contributed by atoms with Crippen molar-refractivity contribution in [3.8, 4) is 0 Å². The predicted octanol–water partition coefficient (Wildman–Crippen LogP) is 0.895. The van der Waals surface area contributed by atoms with Crippen molar-refractivity contribution in [2.75, 3.05) is 20.3 Å². The smallest absolute Gasteiger partial charge is 0.166 e. The van der Waals surface area contributed by atoms with Gasteiger partial charge < -0.3 is 15.4 Å². The zero-order valence-corrected chi connectivity index (χ0v) is 9.33. The minimum Gasteiger partial charge on any atom is -0.383 e. The summed E-state index contributed by atoms with van der Waals surface area (Å²) in [6.07, 6.45) is 1.21. The molecule has 13 heavy (non-hydrogen) atoms. The molecule has 1 aliphatic carbocycles. The van der Waals surface area contributed by atoms with Crippen LogP contribution in [0.2, 0.25) is 0 Å². The van der Waals surface area contributed by atoms with Crippen LogP contribution >= 0.6 is 12.2 Å². The lowest BCUT2D eigenvalue weighted by Gasteiger charge is -2.10. The molecule has 2 N–H and O–H groups in total. The van der Waals surface area contributed by atoms with Crippen LogP contribution in [0, 0.1) is 5.41 Å². The third-order valence-electron chi connectivity index (χ3n) is 2.41. The van der Waals surface area contributed by atoms with Crippen molar-refractivity contribution in [2.24, 2.45) is 5.41 Å². The van der Waals surface area contributed by atoms with Crippen LogP contribution in [-0.2, 0) is 4.74 Å². The Hall–Kier alpha value is -0.350. The van der Waals surface area contributed by atoms with Crippen LogP contribution in [0.3, 0.4) is 0 Å². The second kappa shape index (κ2) is 4.24. The molecule has 76 valence electrons. The Morgan fingerprint density at radius 1 is 1.62 bits per heavy atom. The van der Waals surface area contributed by atoms with E-state index in [1.54, 1.807) is 7.11 Å². The molecular weight excluding hydrogens is 184 g/mol. The summed E-state index contributed by atoms with van der Waals surface area (Å²) in [4.78, 5) is 0. The molecule has 0 bridgehead atoms. The second-order valence-corrected chi connectivity index (χ2v) is 4.55. The number of rotatable bonds is 4. The SMILES string of the molecule is COCCNC(=S)NC1CC1(C)C. The van der Waals surface area contributed by atoms with Crippen LogP contribution in [0.4, 0.5) is 0 Å². The summed E-state index contributed by atoms with van der Waals surface area (Å²) in [6, 6.07) is 0.551. The van der Waals surface area contributed by atoms with Crippen molar-refractivity contribution in [3.05, 3.63) is 0 Å². The first-order valence-electron chi connectivity index (χ1n) is 4.59. The highest BCUT2D eigenvalue weighted by Crippen LogP contribution is 2.44. The summed E-state index contributed by atoms with van der Waals surface area (Å²) in [6.45, 7) is 5.94. The molecule has 1 saturated carbocycles. The van der Waals surface area contributed by atoms with Gasteiger partial charge in [-0.1, -0.05) is 13.8 Å². The van der Waals surface area contributed by atoms with Crippen LogP contribution < -0.4 is 10.6 Å². The number of ether oxygens (including phenoxy) is 1. The maximum atomic E-state index is 5.11. The largest absolute Gasteiger partial charge is 0.383 e. The summed E-state index contributed by atoms with van der Waals surface area (Å²) in [5.41, 5.74) is 0.424. The van der Waals surface area contributed by atoms with E-state index in [0.29, 0.717) is 18.1 Å². The fourth-order valence-electron chi connectivity index (χ4n) is 1.19. The van der Waals surface area contributed by atoms with E-state index >= 15 is 0 Å². The Balaban J connectivity index is 2.06. The van der Waals surface area contributed by atoms with Crippen LogP contribution in [0.15, 0.2) is 0 Å². The van der Waals surface area contributed by atoms with E-state index in [-0.39, 0.29) is 0 Å². The van der Waals surface area contributed by atoms with Crippen molar-refractivity contribution in [3.63, 3.8) is 0 Å². The molecule has 0 spiro atoms. The molecule has 4 heteroatoms.